The number of hydrogen-bond acceptors (Lipinski definition) is 23. The van der Waals surface area contributed by atoms with E-state index < -0.39 is 171 Å². The number of amides is 1. The van der Waals surface area contributed by atoms with E-state index in [1.807, 2.05) is 121 Å². The summed E-state index contributed by atoms with van der Waals surface area (Å²) in [5.41, 5.74) is 3.10. The minimum Gasteiger partial charge on any atom is -0.465 e. The predicted molar refractivity (Wildman–Crippen MR) is 346 cm³/mol. The van der Waals surface area contributed by atoms with Crippen LogP contribution < -0.4 is 5.32 Å². The normalized spacial score (nSPS) is 26.6. The highest BCUT2D eigenvalue weighted by Gasteiger charge is 2.65. The third-order valence-corrected chi connectivity index (χ3v) is 17.0. The Bertz CT molecular complexity index is 3250. The second-order valence-electron chi connectivity index (χ2n) is 22.9. The zero-order valence-corrected chi connectivity index (χ0v) is 55.9. The number of hydrogen-bond donors (Lipinski definition) is 2. The van der Waals surface area contributed by atoms with Crippen LogP contribution in [0.2, 0.25) is 0 Å². The number of esters is 5. The molecule has 4 fully saturated rings. The molecule has 0 bridgehead atoms. The maximum absolute atomic E-state index is 15.1. The van der Waals surface area contributed by atoms with Gasteiger partial charge in [0.05, 0.1) is 64.8 Å². The first-order valence-corrected chi connectivity index (χ1v) is 33.6. The number of aliphatic hydroxyl groups is 1. The molecule has 5 aromatic carbocycles. The van der Waals surface area contributed by atoms with Gasteiger partial charge in [0.15, 0.2) is 30.9 Å². The first-order valence-electron chi connectivity index (χ1n) is 31.5. The fourth-order valence-electron chi connectivity index (χ4n) is 11.4. The van der Waals surface area contributed by atoms with Crippen molar-refractivity contribution in [1.29, 1.82) is 0 Å². The minimum atomic E-state index is -2.94. The van der Waals surface area contributed by atoms with Crippen molar-refractivity contribution >= 4 is 82.3 Å². The number of unbranched alkanes of at least 4 members (excludes halogenated alkanes) is 2. The van der Waals surface area contributed by atoms with E-state index >= 15 is 4.79 Å². The average Bonchev–Trinajstić information content (AvgIpc) is 1.73. The van der Waals surface area contributed by atoms with Crippen molar-refractivity contribution in [2.75, 3.05) is 57.1 Å². The van der Waals surface area contributed by atoms with Crippen LogP contribution in [0, 0.1) is 0 Å². The summed E-state index contributed by atoms with van der Waals surface area (Å²) in [6, 6.07) is 43.5. The molecule has 4 heterocycles. The number of halogens is 4. The number of nitrogens with one attached hydrogen (secondary N) is 1. The van der Waals surface area contributed by atoms with Crippen molar-refractivity contribution in [1.82, 2.24) is 5.32 Å². The van der Waals surface area contributed by atoms with Gasteiger partial charge in [-0.15, -0.1) is 46.4 Å². The van der Waals surface area contributed by atoms with E-state index in [0.29, 0.717) is 12.3 Å². The fraction of sp³-hybridized carbons (Fsp3) is 0.478. The number of rotatable bonds is 36. The van der Waals surface area contributed by atoms with Gasteiger partial charge >= 0.3 is 35.9 Å². The summed E-state index contributed by atoms with van der Waals surface area (Å²) in [6.07, 6.45) is -22.6. The van der Waals surface area contributed by atoms with Gasteiger partial charge in [-0.1, -0.05) is 140 Å². The van der Waals surface area contributed by atoms with E-state index in [0.717, 1.165) is 42.2 Å². The van der Waals surface area contributed by atoms with Crippen LogP contribution in [0.3, 0.4) is 0 Å². The van der Waals surface area contributed by atoms with E-state index in [1.165, 1.54) is 12.1 Å². The highest BCUT2D eigenvalue weighted by atomic mass is 35.5. The molecule has 2 N–H and O–H groups in total. The van der Waals surface area contributed by atoms with E-state index in [1.54, 1.807) is 18.2 Å². The van der Waals surface area contributed by atoms with Gasteiger partial charge < -0.3 is 86.2 Å². The molecule has 1 amide bonds. The molecular weight excluding hydrogens is 1350 g/mol. The maximum atomic E-state index is 15.1. The summed E-state index contributed by atoms with van der Waals surface area (Å²) < 4.78 is 103. The quantitative estimate of drug-likeness (QED) is 0.0166. The molecule has 0 spiro atoms. The lowest BCUT2D eigenvalue weighted by molar-refractivity contribution is -0.389. The molecule has 4 saturated heterocycles. The van der Waals surface area contributed by atoms with Gasteiger partial charge in [0.2, 0.25) is 0 Å². The van der Waals surface area contributed by atoms with Crippen molar-refractivity contribution in [3.05, 3.63) is 179 Å². The molecule has 4 aliphatic rings. The van der Waals surface area contributed by atoms with Crippen molar-refractivity contribution in [2.24, 2.45) is 0 Å². The second-order valence-corrected chi connectivity index (χ2v) is 24.0. The number of alkyl halides is 4. The van der Waals surface area contributed by atoms with Crippen LogP contribution in [-0.4, -0.2) is 196 Å². The number of carbonyl (C=O) groups excluding carboxylic acids is 6. The molecule has 5 aromatic rings. The average molecular weight is 1430 g/mol. The highest BCUT2D eigenvalue weighted by Crippen LogP contribution is 2.43. The third-order valence-electron chi connectivity index (χ3n) is 16.1. The molecular formula is C69H77Cl4NO23. The molecule has 16 atom stereocenters. The molecule has 0 aromatic heterocycles. The molecule has 524 valence electrons. The van der Waals surface area contributed by atoms with E-state index in [9.17, 15) is 29.1 Å². The second kappa shape index (κ2) is 38.1. The van der Waals surface area contributed by atoms with Gasteiger partial charge in [-0.05, 0) is 53.6 Å². The van der Waals surface area contributed by atoms with Crippen LogP contribution in [-0.2, 0) is 121 Å². The largest absolute Gasteiger partial charge is 0.465 e. The topological polar surface area (TPSA) is 282 Å². The zero-order valence-electron chi connectivity index (χ0n) is 52.8. The Morgan fingerprint density at radius 3 is 1.70 bits per heavy atom. The number of benzene rings is 5. The summed E-state index contributed by atoms with van der Waals surface area (Å²) in [7, 11) is 0.976. The molecule has 9 rings (SSSR count). The van der Waals surface area contributed by atoms with Crippen LogP contribution >= 0.6 is 46.4 Å². The Kier molecular flexibility index (Phi) is 29.4. The Hall–Kier alpha value is -6.56. The van der Waals surface area contributed by atoms with Crippen LogP contribution in [0.5, 0.6) is 0 Å². The number of aliphatic hydroxyl groups excluding tert-OH is 1. The van der Waals surface area contributed by atoms with E-state index in [-0.39, 0.29) is 45.2 Å². The molecule has 4 aliphatic heterocycles. The Morgan fingerprint density at radius 2 is 1.13 bits per heavy atom. The predicted octanol–water partition coefficient (Wildman–Crippen LogP) is 8.04. The van der Waals surface area contributed by atoms with E-state index in [2.05, 4.69) is 5.32 Å². The summed E-state index contributed by atoms with van der Waals surface area (Å²) in [4.78, 5) is 82.7. The Labute approximate surface area is 580 Å². The number of methoxy groups -OCH3 is 1. The van der Waals surface area contributed by atoms with Crippen molar-refractivity contribution in [3.8, 4) is 0 Å². The number of fused-ring (bicyclic) bond motifs is 1. The van der Waals surface area contributed by atoms with Crippen LogP contribution in [0.4, 0.5) is 4.79 Å². The van der Waals surface area contributed by atoms with Crippen molar-refractivity contribution < 1.29 is 110 Å². The maximum Gasteiger partial charge on any atom is 0.407 e. The third kappa shape index (κ3) is 21.0. The summed E-state index contributed by atoms with van der Waals surface area (Å²) in [6.45, 7) is -1.24. The van der Waals surface area contributed by atoms with Crippen molar-refractivity contribution in [3.63, 3.8) is 0 Å². The molecule has 0 aliphatic carbocycles. The van der Waals surface area contributed by atoms with E-state index in [4.69, 9.17) is 122 Å². The van der Waals surface area contributed by atoms with Gasteiger partial charge in [-0.3, -0.25) is 14.4 Å². The van der Waals surface area contributed by atoms with Crippen LogP contribution in [0.15, 0.2) is 152 Å². The first kappa shape index (κ1) is 74.7. The Morgan fingerprint density at radius 1 is 0.598 bits per heavy atom. The van der Waals surface area contributed by atoms with Gasteiger partial charge in [0.25, 0.3) is 5.79 Å². The zero-order chi connectivity index (χ0) is 68.5. The molecule has 97 heavy (non-hydrogen) atoms. The van der Waals surface area contributed by atoms with Crippen molar-refractivity contribution in [2.45, 2.75) is 150 Å². The summed E-state index contributed by atoms with van der Waals surface area (Å²) in [5.74, 6) is -10.4. The molecule has 28 heteroatoms. The lowest BCUT2D eigenvalue weighted by atomic mass is 9.88. The van der Waals surface area contributed by atoms with Gasteiger partial charge in [-0.25, -0.2) is 14.4 Å². The number of carbonyl (C=O) groups is 6. The molecule has 0 saturated carbocycles. The van der Waals surface area contributed by atoms with Gasteiger partial charge in [-0.2, -0.15) is 0 Å². The lowest BCUT2D eigenvalue weighted by Crippen LogP contribution is -2.70. The fourth-order valence-corrected chi connectivity index (χ4v) is 11.8. The minimum absolute atomic E-state index is 0.000258. The smallest absolute Gasteiger partial charge is 0.407 e. The highest BCUT2D eigenvalue weighted by molar-refractivity contribution is 6.27. The van der Waals surface area contributed by atoms with Gasteiger partial charge in [0, 0.05) is 12.5 Å². The SMILES string of the molecule is COC(=O)C1(OC2C(O)C(COCc3ccccc3)OC(OC3C(COCc4ccccc4)OC(OCCCCCCl)C(OCc4ccccc4)C3OCc3ccccc3)C2OC(=O)c2ccccc2)CC2OC(=O)NC2C([C@H](OC(=O)CCl)[C@@H](COC(=O)CCl)OC(=O)CCl)O1. The molecule has 24 nitrogen and oxygen atoms in total. The van der Waals surface area contributed by atoms with Gasteiger partial charge in [0.1, 0.15) is 79.2 Å². The molecule has 14 unspecified atom stereocenters. The first-order chi connectivity index (χ1) is 47.2. The standard InChI is InChI=1S/C69H77Cl4NO23/c1-82-67(80)69(32-48-55(74-68(81)92-48)59(96-69)57(93-54(77)35-73)51(89-53(76)34-72)42-86-52(75)33-71)97-60-56(78)49(40-83-36-43-20-8-2-9-21-43)90-66(63(60)94-64(79)47-28-16-6-17-29-47)95-58-50(41-84-37-44-22-10-3-11-23-44)91-65(85-31-19-7-18-30-70)62(88-39-46-26-14-5-15-27-46)61(58)87-38-45-24-12-4-13-25-45/h2-6,8-17,20-29,48-51,55-63,65-66,78H,7,18-19,30-42H2,1H3,(H,74,81)/t48?,49?,50?,51-,55?,56?,57-,58?,59?,60?,61?,62?,63?,65?,66?,69?/m1/s1. The number of alkyl carbamates (subject to hydrolysis) is 1. The lowest BCUT2D eigenvalue weighted by Gasteiger charge is -2.51. The number of ether oxygens (including phenoxy) is 16. The summed E-state index contributed by atoms with van der Waals surface area (Å²) >= 11 is 23.8. The molecule has 0 radical (unpaired) electrons. The van der Waals surface area contributed by atoms with Crippen LogP contribution in [0.25, 0.3) is 0 Å². The van der Waals surface area contributed by atoms with Crippen LogP contribution in [0.1, 0.15) is 58.3 Å². The summed E-state index contributed by atoms with van der Waals surface area (Å²) in [5, 5.41) is 15.7. The Balaban J connectivity index is 1.19. The monoisotopic (exact) mass is 1430 g/mol.